The molecule has 23 heavy (non-hydrogen) atoms. The minimum Gasteiger partial charge on any atom is -0.497 e. The van der Waals surface area contributed by atoms with Crippen molar-refractivity contribution >= 4 is 21.4 Å². The summed E-state index contributed by atoms with van der Waals surface area (Å²) in [4.78, 5) is 16.5. The molecule has 0 radical (unpaired) electrons. The second-order valence-electron chi connectivity index (χ2n) is 6.11. The van der Waals surface area contributed by atoms with E-state index in [0.29, 0.717) is 19.5 Å². The number of ether oxygens (including phenoxy) is 1. The molecule has 0 bridgehead atoms. The highest BCUT2D eigenvalue weighted by Gasteiger charge is 2.36. The van der Waals surface area contributed by atoms with Crippen LogP contribution in [0, 0.1) is 5.92 Å². The zero-order valence-corrected chi connectivity index (χ0v) is 14.1. The van der Waals surface area contributed by atoms with Crippen molar-refractivity contribution in [3.8, 4) is 5.75 Å². The molecular formula is C16H22N2O4S. The lowest BCUT2D eigenvalue weighted by Crippen LogP contribution is -2.50. The van der Waals surface area contributed by atoms with Crippen LogP contribution in [0.3, 0.4) is 0 Å². The fraction of sp³-hybridized carbons (Fsp3) is 0.562. The van der Waals surface area contributed by atoms with Crippen LogP contribution in [0.2, 0.25) is 0 Å². The van der Waals surface area contributed by atoms with E-state index in [1.807, 2.05) is 29.2 Å². The lowest BCUT2D eigenvalue weighted by Gasteiger charge is -2.37. The van der Waals surface area contributed by atoms with Crippen molar-refractivity contribution in [1.29, 1.82) is 0 Å². The summed E-state index contributed by atoms with van der Waals surface area (Å²) in [7, 11) is -1.37. The second-order valence-corrected chi connectivity index (χ2v) is 8.34. The molecule has 0 saturated carbocycles. The van der Waals surface area contributed by atoms with E-state index >= 15 is 0 Å². The minimum absolute atomic E-state index is 0.000422. The van der Waals surface area contributed by atoms with E-state index in [1.165, 1.54) is 0 Å². The zero-order valence-electron chi connectivity index (χ0n) is 13.3. The predicted octanol–water partition coefficient (Wildman–Crippen LogP) is 0.778. The number of benzene rings is 1. The van der Waals surface area contributed by atoms with Gasteiger partial charge in [-0.2, -0.15) is 0 Å². The monoisotopic (exact) mass is 338 g/mol. The van der Waals surface area contributed by atoms with Crippen molar-refractivity contribution in [2.24, 2.45) is 5.92 Å². The van der Waals surface area contributed by atoms with Gasteiger partial charge in [0.1, 0.15) is 5.75 Å². The van der Waals surface area contributed by atoms with E-state index in [1.54, 1.807) is 7.11 Å². The predicted molar refractivity (Wildman–Crippen MR) is 88.5 cm³/mol. The minimum atomic E-state index is -3.01. The third kappa shape index (κ3) is 3.60. The SMILES string of the molecule is COc1ccc(N2CCN(C(=O)C3CCS(=O)(=O)C3)CC2)cc1. The Bertz CT molecular complexity index is 664. The van der Waals surface area contributed by atoms with Crippen molar-refractivity contribution in [3.63, 3.8) is 0 Å². The van der Waals surface area contributed by atoms with Gasteiger partial charge in [-0.25, -0.2) is 8.42 Å². The average molecular weight is 338 g/mol. The van der Waals surface area contributed by atoms with Crippen LogP contribution >= 0.6 is 0 Å². The fourth-order valence-corrected chi connectivity index (χ4v) is 4.96. The molecule has 2 aliphatic heterocycles. The zero-order chi connectivity index (χ0) is 16.4. The highest BCUT2D eigenvalue weighted by atomic mass is 32.2. The van der Waals surface area contributed by atoms with Crippen molar-refractivity contribution < 1.29 is 17.9 Å². The number of anilines is 1. The fourth-order valence-electron chi connectivity index (χ4n) is 3.23. The molecule has 0 spiro atoms. The Morgan fingerprint density at radius 1 is 1.13 bits per heavy atom. The average Bonchev–Trinajstić information content (AvgIpc) is 2.94. The summed E-state index contributed by atoms with van der Waals surface area (Å²) in [5, 5.41) is 0. The molecule has 1 aromatic rings. The Morgan fingerprint density at radius 2 is 1.78 bits per heavy atom. The molecule has 1 amide bonds. The Hall–Kier alpha value is -1.76. The van der Waals surface area contributed by atoms with Crippen molar-refractivity contribution in [3.05, 3.63) is 24.3 Å². The summed E-state index contributed by atoms with van der Waals surface area (Å²) in [5.74, 6) is 0.651. The Labute approximate surface area is 136 Å². The van der Waals surface area contributed by atoms with E-state index in [9.17, 15) is 13.2 Å². The Balaban J connectivity index is 1.56. The standard InChI is InChI=1S/C16H22N2O4S/c1-22-15-4-2-14(3-5-15)17-7-9-18(10-8-17)16(19)13-6-11-23(20,21)12-13/h2-5,13H,6-12H2,1H3. The smallest absolute Gasteiger partial charge is 0.226 e. The first kappa shape index (κ1) is 16.1. The first-order valence-corrected chi connectivity index (χ1v) is 9.69. The maximum atomic E-state index is 12.4. The van der Waals surface area contributed by atoms with Gasteiger partial charge in [-0.3, -0.25) is 4.79 Å². The normalized spacial score (nSPS) is 23.8. The molecule has 6 nitrogen and oxygen atoms in total. The molecule has 0 aromatic heterocycles. The first-order valence-electron chi connectivity index (χ1n) is 7.87. The van der Waals surface area contributed by atoms with E-state index in [4.69, 9.17) is 4.74 Å². The molecule has 3 rings (SSSR count). The van der Waals surface area contributed by atoms with E-state index in [-0.39, 0.29) is 23.3 Å². The maximum Gasteiger partial charge on any atom is 0.226 e. The molecule has 0 N–H and O–H groups in total. The molecule has 1 atom stereocenters. The van der Waals surface area contributed by atoms with Gasteiger partial charge in [-0.1, -0.05) is 0 Å². The van der Waals surface area contributed by atoms with Gasteiger partial charge in [0.05, 0.1) is 24.5 Å². The van der Waals surface area contributed by atoms with Crippen LogP contribution in [-0.4, -0.2) is 64.0 Å². The topological polar surface area (TPSA) is 66.9 Å². The van der Waals surface area contributed by atoms with Gasteiger partial charge >= 0.3 is 0 Å². The summed E-state index contributed by atoms with van der Waals surface area (Å²) >= 11 is 0. The molecule has 1 aromatic carbocycles. The van der Waals surface area contributed by atoms with Gasteiger partial charge in [-0.05, 0) is 30.7 Å². The third-order valence-corrected chi connectivity index (χ3v) is 6.38. The molecule has 126 valence electrons. The molecule has 2 fully saturated rings. The maximum absolute atomic E-state index is 12.4. The number of piperazine rings is 1. The number of rotatable bonds is 3. The Kier molecular flexibility index (Phi) is 4.48. The van der Waals surface area contributed by atoms with Gasteiger partial charge in [0.2, 0.25) is 5.91 Å². The van der Waals surface area contributed by atoms with Crippen LogP contribution in [0.25, 0.3) is 0 Å². The Morgan fingerprint density at radius 3 is 2.30 bits per heavy atom. The highest BCUT2D eigenvalue weighted by molar-refractivity contribution is 7.91. The van der Waals surface area contributed by atoms with Crippen LogP contribution in [0.4, 0.5) is 5.69 Å². The largest absolute Gasteiger partial charge is 0.497 e. The number of hydrogen-bond donors (Lipinski definition) is 0. The second kappa shape index (κ2) is 6.39. The first-order chi connectivity index (χ1) is 11.0. The molecular weight excluding hydrogens is 316 g/mol. The summed E-state index contributed by atoms with van der Waals surface area (Å²) in [5.41, 5.74) is 1.11. The van der Waals surface area contributed by atoms with E-state index in [2.05, 4.69) is 4.90 Å². The van der Waals surface area contributed by atoms with Crippen LogP contribution < -0.4 is 9.64 Å². The summed E-state index contributed by atoms with van der Waals surface area (Å²) < 4.78 is 28.2. The number of methoxy groups -OCH3 is 1. The molecule has 2 saturated heterocycles. The summed E-state index contributed by atoms with van der Waals surface area (Å²) in [6.07, 6.45) is 0.472. The molecule has 7 heteroatoms. The number of sulfone groups is 1. The highest BCUT2D eigenvalue weighted by Crippen LogP contribution is 2.23. The molecule has 1 unspecified atom stereocenters. The lowest BCUT2D eigenvalue weighted by molar-refractivity contribution is -0.135. The van der Waals surface area contributed by atoms with Crippen molar-refractivity contribution in [2.75, 3.05) is 49.7 Å². The van der Waals surface area contributed by atoms with E-state index < -0.39 is 9.84 Å². The molecule has 0 aliphatic carbocycles. The van der Waals surface area contributed by atoms with Gasteiger partial charge in [0.15, 0.2) is 9.84 Å². The molecule has 2 aliphatic rings. The third-order valence-electron chi connectivity index (χ3n) is 4.61. The van der Waals surface area contributed by atoms with Crippen molar-refractivity contribution in [1.82, 2.24) is 4.90 Å². The van der Waals surface area contributed by atoms with Gasteiger partial charge < -0.3 is 14.5 Å². The van der Waals surface area contributed by atoms with Gasteiger partial charge in [0, 0.05) is 31.9 Å². The number of hydrogen-bond acceptors (Lipinski definition) is 5. The summed E-state index contributed by atoms with van der Waals surface area (Å²) in [6.45, 7) is 2.80. The number of carbonyl (C=O) groups is 1. The van der Waals surface area contributed by atoms with Gasteiger partial charge in [0.25, 0.3) is 0 Å². The van der Waals surface area contributed by atoms with Gasteiger partial charge in [-0.15, -0.1) is 0 Å². The van der Waals surface area contributed by atoms with Crippen LogP contribution in [0.5, 0.6) is 5.75 Å². The van der Waals surface area contributed by atoms with Crippen LogP contribution in [0.15, 0.2) is 24.3 Å². The van der Waals surface area contributed by atoms with Crippen molar-refractivity contribution in [2.45, 2.75) is 6.42 Å². The number of nitrogens with zero attached hydrogens (tertiary/aromatic N) is 2. The van der Waals surface area contributed by atoms with Crippen LogP contribution in [0.1, 0.15) is 6.42 Å². The number of amides is 1. The molecule has 2 heterocycles. The summed E-state index contributed by atoms with van der Waals surface area (Å²) in [6, 6.07) is 7.88. The quantitative estimate of drug-likeness (QED) is 0.815. The van der Waals surface area contributed by atoms with Crippen LogP contribution in [-0.2, 0) is 14.6 Å². The van der Waals surface area contributed by atoms with E-state index in [0.717, 1.165) is 24.5 Å². The number of carbonyl (C=O) groups excluding carboxylic acids is 1. The lowest BCUT2D eigenvalue weighted by atomic mass is 10.1.